The van der Waals surface area contributed by atoms with Crippen molar-refractivity contribution >= 4 is 0 Å². The second kappa shape index (κ2) is 10.7. The summed E-state index contributed by atoms with van der Waals surface area (Å²) >= 11 is 0. The predicted molar refractivity (Wildman–Crippen MR) is 107 cm³/mol. The van der Waals surface area contributed by atoms with Gasteiger partial charge in [-0.3, -0.25) is 0 Å². The molecule has 29 heavy (non-hydrogen) atoms. The number of alkyl halides is 3. The van der Waals surface area contributed by atoms with Crippen LogP contribution in [0, 0.1) is 23.6 Å². The van der Waals surface area contributed by atoms with Crippen molar-refractivity contribution in [3.63, 3.8) is 0 Å². The van der Waals surface area contributed by atoms with Gasteiger partial charge in [0.2, 0.25) is 0 Å². The molecule has 0 radical (unpaired) electrons. The van der Waals surface area contributed by atoms with E-state index in [4.69, 9.17) is 0 Å². The van der Waals surface area contributed by atoms with Crippen LogP contribution in [0.1, 0.15) is 89.0 Å². The Morgan fingerprint density at radius 1 is 0.793 bits per heavy atom. The van der Waals surface area contributed by atoms with E-state index in [0.29, 0.717) is 12.3 Å². The van der Waals surface area contributed by atoms with E-state index in [0.717, 1.165) is 29.9 Å². The van der Waals surface area contributed by atoms with Crippen LogP contribution in [0.2, 0.25) is 0 Å². The fourth-order valence-electron chi connectivity index (χ4n) is 5.25. The van der Waals surface area contributed by atoms with Crippen molar-refractivity contribution in [1.82, 2.24) is 0 Å². The second-order valence-corrected chi connectivity index (χ2v) is 9.17. The van der Waals surface area contributed by atoms with Crippen LogP contribution in [-0.4, -0.2) is 6.36 Å². The molecule has 0 saturated heterocycles. The summed E-state index contributed by atoms with van der Waals surface area (Å²) in [6.45, 7) is 0. The summed E-state index contributed by atoms with van der Waals surface area (Å²) in [5.41, 5.74) is 0.742. The summed E-state index contributed by atoms with van der Waals surface area (Å²) in [5.74, 6) is 0.825. The van der Waals surface area contributed by atoms with Crippen LogP contribution in [0.4, 0.5) is 17.6 Å². The maximum Gasteiger partial charge on any atom is 0.573 e. The molecular weight excluding hydrogens is 380 g/mol. The number of ether oxygens (including phenoxy) is 1. The molecule has 2 aliphatic rings. The number of halogens is 4. The molecule has 1 aromatic rings. The average Bonchev–Trinajstić information content (AvgIpc) is 3.19. The van der Waals surface area contributed by atoms with Gasteiger partial charge in [0.1, 0.15) is 0 Å². The van der Waals surface area contributed by atoms with Gasteiger partial charge < -0.3 is 4.74 Å². The Bertz CT molecular complexity index is 614. The highest BCUT2D eigenvalue weighted by molar-refractivity contribution is 5.29. The zero-order chi connectivity index (χ0) is 20.7. The summed E-state index contributed by atoms with van der Waals surface area (Å²) in [6, 6.07) is 3.80. The van der Waals surface area contributed by atoms with Crippen LogP contribution < -0.4 is 4.74 Å². The van der Waals surface area contributed by atoms with E-state index in [1.165, 1.54) is 83.1 Å². The Morgan fingerprint density at radius 3 is 1.90 bits per heavy atom. The van der Waals surface area contributed by atoms with E-state index in [1.54, 1.807) is 6.07 Å². The van der Waals surface area contributed by atoms with Crippen LogP contribution in [-0.2, 0) is 6.42 Å². The van der Waals surface area contributed by atoms with Crippen molar-refractivity contribution in [3.8, 4) is 5.75 Å². The summed E-state index contributed by atoms with van der Waals surface area (Å²) in [5, 5.41) is 0. The lowest BCUT2D eigenvalue weighted by Crippen LogP contribution is -2.18. The van der Waals surface area contributed by atoms with E-state index in [9.17, 15) is 17.6 Å². The van der Waals surface area contributed by atoms with E-state index < -0.39 is 17.9 Å². The molecule has 0 unspecified atom stereocenters. The van der Waals surface area contributed by atoms with Crippen molar-refractivity contribution in [1.29, 1.82) is 0 Å². The topological polar surface area (TPSA) is 9.23 Å². The Morgan fingerprint density at radius 2 is 1.34 bits per heavy atom. The zero-order valence-corrected chi connectivity index (χ0v) is 17.3. The summed E-state index contributed by atoms with van der Waals surface area (Å²) in [6.07, 6.45) is 13.2. The van der Waals surface area contributed by atoms with Crippen LogP contribution in [0.25, 0.3) is 0 Å². The largest absolute Gasteiger partial charge is 0.573 e. The first-order valence-corrected chi connectivity index (χ1v) is 11.4. The molecule has 2 aliphatic carbocycles. The molecule has 0 atom stereocenters. The Labute approximate surface area is 172 Å². The minimum atomic E-state index is -4.86. The molecular formula is C24H34F4O. The van der Waals surface area contributed by atoms with Crippen LogP contribution >= 0.6 is 0 Å². The van der Waals surface area contributed by atoms with Gasteiger partial charge in [-0.25, -0.2) is 4.39 Å². The fraction of sp³-hybridized carbons (Fsp3) is 0.750. The predicted octanol–water partition coefficient (Wildman–Crippen LogP) is 8.21. The van der Waals surface area contributed by atoms with E-state index in [2.05, 4.69) is 4.74 Å². The SMILES string of the molecule is Fc1cc(CCC2CCC(CCCCC3CCCC3)CC2)ccc1OC(F)(F)F. The number of aryl methyl sites for hydroxylation is 1. The van der Waals surface area contributed by atoms with Crippen LogP contribution in [0.15, 0.2) is 18.2 Å². The third-order valence-corrected chi connectivity index (χ3v) is 6.98. The van der Waals surface area contributed by atoms with E-state index >= 15 is 0 Å². The summed E-state index contributed by atoms with van der Waals surface area (Å²) in [4.78, 5) is 0. The van der Waals surface area contributed by atoms with Gasteiger partial charge in [0, 0.05) is 0 Å². The van der Waals surface area contributed by atoms with Gasteiger partial charge in [-0.15, -0.1) is 13.2 Å². The minimum absolute atomic E-state index is 0.652. The molecule has 2 fully saturated rings. The minimum Gasteiger partial charge on any atom is -0.403 e. The van der Waals surface area contributed by atoms with Gasteiger partial charge in [0.25, 0.3) is 0 Å². The molecule has 0 spiro atoms. The van der Waals surface area contributed by atoms with Crippen molar-refractivity contribution in [2.45, 2.75) is 96.3 Å². The third kappa shape index (κ3) is 7.82. The lowest BCUT2D eigenvalue weighted by atomic mass is 9.77. The first-order chi connectivity index (χ1) is 13.9. The van der Waals surface area contributed by atoms with Gasteiger partial charge in [0.05, 0.1) is 0 Å². The molecule has 0 amide bonds. The summed E-state index contributed by atoms with van der Waals surface area (Å²) in [7, 11) is 0. The number of benzene rings is 1. The van der Waals surface area contributed by atoms with Crippen molar-refractivity contribution in [3.05, 3.63) is 29.6 Å². The Balaban J connectivity index is 1.31. The number of hydrogen-bond acceptors (Lipinski definition) is 1. The lowest BCUT2D eigenvalue weighted by Gasteiger charge is -2.28. The second-order valence-electron chi connectivity index (χ2n) is 9.17. The zero-order valence-electron chi connectivity index (χ0n) is 17.3. The summed E-state index contributed by atoms with van der Waals surface area (Å²) < 4.78 is 54.2. The average molecular weight is 415 g/mol. The highest BCUT2D eigenvalue weighted by Crippen LogP contribution is 2.35. The Kier molecular flexibility index (Phi) is 8.25. The number of rotatable bonds is 9. The fourth-order valence-corrected chi connectivity index (χ4v) is 5.25. The normalized spacial score (nSPS) is 23.4. The molecule has 1 aromatic carbocycles. The van der Waals surface area contributed by atoms with Gasteiger partial charge in [-0.05, 0) is 48.3 Å². The Hall–Kier alpha value is -1.26. The molecule has 164 valence electrons. The van der Waals surface area contributed by atoms with Crippen LogP contribution in [0.3, 0.4) is 0 Å². The van der Waals surface area contributed by atoms with Gasteiger partial charge >= 0.3 is 6.36 Å². The quantitative estimate of drug-likeness (QED) is 0.292. The molecule has 0 N–H and O–H groups in total. The monoisotopic (exact) mass is 414 g/mol. The molecule has 1 nitrogen and oxygen atoms in total. The number of unbranched alkanes of at least 4 members (excludes halogenated alkanes) is 1. The van der Waals surface area contributed by atoms with Gasteiger partial charge in [0.15, 0.2) is 11.6 Å². The van der Waals surface area contributed by atoms with E-state index in [-0.39, 0.29) is 0 Å². The molecule has 2 saturated carbocycles. The maximum absolute atomic E-state index is 13.8. The molecule has 0 bridgehead atoms. The molecule has 0 aromatic heterocycles. The lowest BCUT2D eigenvalue weighted by molar-refractivity contribution is -0.275. The molecule has 0 aliphatic heterocycles. The van der Waals surface area contributed by atoms with Crippen molar-refractivity contribution < 1.29 is 22.3 Å². The van der Waals surface area contributed by atoms with Crippen LogP contribution in [0.5, 0.6) is 5.75 Å². The number of hydrogen-bond donors (Lipinski definition) is 0. The van der Waals surface area contributed by atoms with Crippen molar-refractivity contribution in [2.24, 2.45) is 17.8 Å². The standard InChI is InChI=1S/C24H34F4O/c25-22-17-21(15-16-23(22)29-24(26,27)28)14-13-20-11-9-19(10-12-20)8-4-3-7-18-5-1-2-6-18/h15-20H,1-14H2. The van der Waals surface area contributed by atoms with Gasteiger partial charge in [-0.1, -0.05) is 83.1 Å². The molecule has 0 heterocycles. The highest BCUT2D eigenvalue weighted by Gasteiger charge is 2.32. The van der Waals surface area contributed by atoms with Gasteiger partial charge in [-0.2, -0.15) is 0 Å². The molecule has 3 rings (SSSR count). The third-order valence-electron chi connectivity index (χ3n) is 6.98. The highest BCUT2D eigenvalue weighted by atomic mass is 19.4. The van der Waals surface area contributed by atoms with E-state index in [1.807, 2.05) is 0 Å². The first-order valence-electron chi connectivity index (χ1n) is 11.4. The molecule has 5 heteroatoms. The van der Waals surface area contributed by atoms with Crippen molar-refractivity contribution in [2.75, 3.05) is 0 Å². The smallest absolute Gasteiger partial charge is 0.403 e. The maximum atomic E-state index is 13.8. The first kappa shape index (κ1) is 22.4.